The molecule has 0 unspecified atom stereocenters. The van der Waals surface area contributed by atoms with Crippen LogP contribution in [-0.2, 0) is 19.1 Å². The van der Waals surface area contributed by atoms with E-state index in [1.165, 1.54) is 20.3 Å². The lowest BCUT2D eigenvalue weighted by Crippen LogP contribution is -2.41. The molecule has 4 aromatic rings. The average Bonchev–Trinajstić information content (AvgIpc) is 3.33. The van der Waals surface area contributed by atoms with E-state index in [0.29, 0.717) is 17.2 Å². The zero-order valence-corrected chi connectivity index (χ0v) is 24.0. The monoisotopic (exact) mass is 588 g/mol. The van der Waals surface area contributed by atoms with Crippen LogP contribution in [0.15, 0.2) is 91.0 Å². The molecule has 1 fully saturated rings. The molecule has 1 N–H and O–H groups in total. The molecular weight excluding hydrogens is 560 g/mol. The lowest BCUT2D eigenvalue weighted by molar-refractivity contribution is -0.122. The quantitative estimate of drug-likeness (QED) is 0.242. The van der Waals surface area contributed by atoms with Crippen LogP contribution in [0, 0.1) is 11.8 Å². The first kappa shape index (κ1) is 27.4. The molecule has 0 aromatic heterocycles. The maximum atomic E-state index is 14.2. The summed E-state index contributed by atoms with van der Waals surface area (Å²) in [7, 11) is 2.98. The van der Waals surface area contributed by atoms with Gasteiger partial charge in [0.2, 0.25) is 11.8 Å². The first-order valence-corrected chi connectivity index (χ1v) is 14.3. The third kappa shape index (κ3) is 4.15. The van der Waals surface area contributed by atoms with Crippen molar-refractivity contribution in [2.24, 2.45) is 11.8 Å². The van der Waals surface area contributed by atoms with Crippen LogP contribution >= 0.6 is 0 Å². The molecule has 2 bridgehead atoms. The van der Waals surface area contributed by atoms with Crippen molar-refractivity contribution in [1.29, 1.82) is 0 Å². The fourth-order valence-corrected chi connectivity index (χ4v) is 7.05. The molecule has 1 saturated heterocycles. The highest BCUT2D eigenvalue weighted by Crippen LogP contribution is 2.61. The van der Waals surface area contributed by atoms with Crippen LogP contribution in [0.4, 0.5) is 11.4 Å². The van der Waals surface area contributed by atoms with Crippen molar-refractivity contribution in [2.75, 3.05) is 31.0 Å². The maximum Gasteiger partial charge on any atom is 0.340 e. The minimum Gasteiger partial charge on any atom is -0.497 e. The Morgan fingerprint density at radius 1 is 0.727 bits per heavy atom. The van der Waals surface area contributed by atoms with Gasteiger partial charge in [0.1, 0.15) is 11.5 Å². The number of benzene rings is 4. The van der Waals surface area contributed by atoms with Gasteiger partial charge in [0.05, 0.1) is 43.0 Å². The fourth-order valence-electron chi connectivity index (χ4n) is 7.05. The highest BCUT2D eigenvalue weighted by atomic mass is 16.5. The minimum atomic E-state index is -0.831. The van der Waals surface area contributed by atoms with Crippen molar-refractivity contribution < 1.29 is 33.4 Å². The van der Waals surface area contributed by atoms with E-state index in [-0.39, 0.29) is 34.9 Å². The second-order valence-corrected chi connectivity index (χ2v) is 11.0. The Morgan fingerprint density at radius 3 is 1.82 bits per heavy atom. The number of esters is 1. The molecule has 3 aliphatic carbocycles. The highest BCUT2D eigenvalue weighted by Gasteiger charge is 2.62. The van der Waals surface area contributed by atoms with Crippen molar-refractivity contribution in [3.63, 3.8) is 0 Å². The van der Waals surface area contributed by atoms with Gasteiger partial charge in [-0.05, 0) is 46.5 Å². The number of hydrogen-bond acceptors (Lipinski definition) is 7. The molecule has 4 aromatic carbocycles. The molecule has 0 radical (unpaired) electrons. The summed E-state index contributed by atoms with van der Waals surface area (Å²) in [6, 6.07) is 27.2. The normalized spacial score (nSPS) is 20.8. The number of anilines is 2. The summed E-state index contributed by atoms with van der Waals surface area (Å²) in [4.78, 5) is 55.5. The third-order valence-electron chi connectivity index (χ3n) is 8.83. The van der Waals surface area contributed by atoms with Crippen LogP contribution in [0.5, 0.6) is 11.5 Å². The summed E-state index contributed by atoms with van der Waals surface area (Å²) in [5.41, 5.74) is 4.79. The lowest BCUT2D eigenvalue weighted by atomic mass is 9.55. The number of rotatable bonds is 7. The second-order valence-electron chi connectivity index (χ2n) is 11.0. The molecule has 1 aliphatic heterocycles. The number of para-hydroxylation sites is 1. The Bertz CT molecular complexity index is 1740. The topological polar surface area (TPSA) is 111 Å². The van der Waals surface area contributed by atoms with Crippen molar-refractivity contribution in [3.05, 3.63) is 119 Å². The maximum absolute atomic E-state index is 14.2. The van der Waals surface area contributed by atoms with Gasteiger partial charge in [0.15, 0.2) is 6.61 Å². The summed E-state index contributed by atoms with van der Waals surface area (Å²) in [5.74, 6) is -2.90. The SMILES string of the molecule is COc1ccc(NC(=O)COC(=O)c2ccccc2N2C(=O)[C@@H]3C4c5ccccc5C(c5ccccc54)[C@H]3C2=O)c(OC)c1. The summed E-state index contributed by atoms with van der Waals surface area (Å²) >= 11 is 0. The smallest absolute Gasteiger partial charge is 0.340 e. The van der Waals surface area contributed by atoms with Gasteiger partial charge in [-0.25, -0.2) is 9.69 Å². The van der Waals surface area contributed by atoms with E-state index < -0.39 is 30.3 Å². The van der Waals surface area contributed by atoms with Crippen LogP contribution in [0.25, 0.3) is 0 Å². The van der Waals surface area contributed by atoms with Gasteiger partial charge in [-0.2, -0.15) is 0 Å². The summed E-state index contributed by atoms with van der Waals surface area (Å²) < 4.78 is 15.8. The highest BCUT2D eigenvalue weighted by molar-refractivity contribution is 6.25. The fraction of sp³-hybridized carbons (Fsp3) is 0.200. The van der Waals surface area contributed by atoms with E-state index in [1.807, 2.05) is 48.5 Å². The zero-order chi connectivity index (χ0) is 30.5. The Kier molecular flexibility index (Phi) is 6.65. The minimum absolute atomic E-state index is 0.0186. The van der Waals surface area contributed by atoms with E-state index in [4.69, 9.17) is 14.2 Å². The van der Waals surface area contributed by atoms with E-state index in [9.17, 15) is 19.2 Å². The molecule has 220 valence electrons. The lowest BCUT2D eigenvalue weighted by Gasteiger charge is -2.45. The van der Waals surface area contributed by atoms with E-state index in [0.717, 1.165) is 27.2 Å². The van der Waals surface area contributed by atoms with Crippen LogP contribution < -0.4 is 19.7 Å². The number of ether oxygens (including phenoxy) is 3. The largest absolute Gasteiger partial charge is 0.497 e. The van der Waals surface area contributed by atoms with E-state index in [2.05, 4.69) is 5.32 Å². The third-order valence-corrected chi connectivity index (χ3v) is 8.83. The van der Waals surface area contributed by atoms with E-state index in [1.54, 1.807) is 36.4 Å². The van der Waals surface area contributed by atoms with Crippen LogP contribution in [0.3, 0.4) is 0 Å². The molecule has 0 spiro atoms. The van der Waals surface area contributed by atoms with Crippen LogP contribution in [0.1, 0.15) is 44.4 Å². The van der Waals surface area contributed by atoms with Gasteiger partial charge in [0, 0.05) is 17.9 Å². The van der Waals surface area contributed by atoms with Gasteiger partial charge < -0.3 is 19.5 Å². The number of carbonyl (C=O) groups excluding carboxylic acids is 4. The van der Waals surface area contributed by atoms with Crippen molar-refractivity contribution in [2.45, 2.75) is 11.8 Å². The predicted octanol–water partition coefficient (Wildman–Crippen LogP) is 4.90. The second kappa shape index (κ2) is 10.7. The number of hydrogen-bond donors (Lipinski definition) is 1. The van der Waals surface area contributed by atoms with Gasteiger partial charge in [-0.15, -0.1) is 0 Å². The number of carbonyl (C=O) groups is 4. The number of imide groups is 1. The summed E-state index contributed by atoms with van der Waals surface area (Å²) in [6.45, 7) is -0.593. The zero-order valence-electron chi connectivity index (χ0n) is 24.0. The summed E-state index contributed by atoms with van der Waals surface area (Å²) in [5, 5.41) is 2.66. The average molecular weight is 589 g/mol. The standard InChI is InChI=1S/C35H28N2O7/c1-42-19-15-16-25(27(17-19)43-2)36-28(38)18-44-35(41)24-13-7-8-14-26(24)37-33(39)31-29-20-9-3-4-10-21(20)30(32(31)34(37)40)23-12-6-5-11-22(23)29/h3-17,29-32H,18H2,1-2H3,(H,36,38)/t29?,30?,31-,32-/m1/s1. The Hall–Kier alpha value is -5.44. The number of nitrogens with zero attached hydrogens (tertiary/aromatic N) is 1. The van der Waals surface area contributed by atoms with Gasteiger partial charge >= 0.3 is 5.97 Å². The first-order valence-electron chi connectivity index (χ1n) is 14.3. The van der Waals surface area contributed by atoms with Crippen molar-refractivity contribution in [1.82, 2.24) is 0 Å². The Morgan fingerprint density at radius 2 is 1.27 bits per heavy atom. The van der Waals surface area contributed by atoms with Crippen molar-refractivity contribution in [3.8, 4) is 11.5 Å². The molecule has 4 aliphatic rings. The summed E-state index contributed by atoms with van der Waals surface area (Å²) in [6.07, 6.45) is 0. The van der Waals surface area contributed by atoms with Crippen LogP contribution in [0.2, 0.25) is 0 Å². The molecule has 44 heavy (non-hydrogen) atoms. The van der Waals surface area contributed by atoms with E-state index >= 15 is 0 Å². The molecule has 0 saturated carbocycles. The number of methoxy groups -OCH3 is 2. The van der Waals surface area contributed by atoms with Crippen molar-refractivity contribution >= 4 is 35.1 Å². The molecule has 9 heteroatoms. The van der Waals surface area contributed by atoms with Gasteiger partial charge in [-0.1, -0.05) is 60.7 Å². The first-order chi connectivity index (χ1) is 21.4. The molecule has 2 atom stereocenters. The van der Waals surface area contributed by atoms with Gasteiger partial charge in [-0.3, -0.25) is 14.4 Å². The number of nitrogens with one attached hydrogen (secondary N) is 1. The molecule has 9 nitrogen and oxygen atoms in total. The Labute approximate surface area is 253 Å². The predicted molar refractivity (Wildman–Crippen MR) is 161 cm³/mol. The van der Waals surface area contributed by atoms with Crippen LogP contribution in [-0.4, -0.2) is 44.5 Å². The molecule has 3 amide bonds. The number of amides is 3. The molecular formula is C35H28N2O7. The molecule has 8 rings (SSSR count). The Balaban J connectivity index is 1.15. The molecule has 1 heterocycles. The van der Waals surface area contributed by atoms with Gasteiger partial charge in [0.25, 0.3) is 5.91 Å².